The molecule has 0 bridgehead atoms. The Morgan fingerprint density at radius 1 is 1.39 bits per heavy atom. The molecule has 2 atom stereocenters. The number of pyridine rings is 1. The van der Waals surface area contributed by atoms with Crippen molar-refractivity contribution >= 4 is 11.6 Å². The van der Waals surface area contributed by atoms with Gasteiger partial charge in [0.05, 0.1) is 49.1 Å². The molecule has 160 valence electrons. The minimum absolute atomic E-state index is 0.119. The Kier molecular flexibility index (Phi) is 5.53. The summed E-state index contributed by atoms with van der Waals surface area (Å²) in [5, 5.41) is 12.6. The third-order valence-corrected chi connectivity index (χ3v) is 5.67. The first-order valence-corrected chi connectivity index (χ1v) is 10.0. The number of ether oxygens (including phenoxy) is 3. The van der Waals surface area contributed by atoms with Gasteiger partial charge in [0, 0.05) is 29.5 Å². The minimum atomic E-state index is -0.568. The average molecular weight is 420 g/mol. The first kappa shape index (κ1) is 20.7. The number of anilines is 1. The number of nitrogens with two attached hydrogens (primary N) is 1. The molecule has 1 unspecified atom stereocenters. The fourth-order valence-corrected chi connectivity index (χ4v) is 4.17. The molecule has 8 heteroatoms. The Bertz CT molecular complexity index is 1110. The van der Waals surface area contributed by atoms with Crippen LogP contribution in [-0.2, 0) is 9.53 Å². The summed E-state index contributed by atoms with van der Waals surface area (Å²) < 4.78 is 17.3. The van der Waals surface area contributed by atoms with Crippen molar-refractivity contribution in [2.75, 3.05) is 25.6 Å². The van der Waals surface area contributed by atoms with Crippen LogP contribution < -0.4 is 20.5 Å². The lowest BCUT2D eigenvalue weighted by Gasteiger charge is -2.33. The van der Waals surface area contributed by atoms with Crippen molar-refractivity contribution in [3.63, 3.8) is 0 Å². The van der Waals surface area contributed by atoms with Gasteiger partial charge in [0.15, 0.2) is 0 Å². The maximum absolute atomic E-state index is 12.6. The van der Waals surface area contributed by atoms with E-state index in [1.165, 1.54) is 7.11 Å². The molecule has 8 nitrogen and oxygen atoms in total. The lowest BCUT2D eigenvalue weighted by molar-refractivity contribution is -0.114. The monoisotopic (exact) mass is 420 g/mol. The zero-order chi connectivity index (χ0) is 22.1. The third-order valence-electron chi connectivity index (χ3n) is 5.67. The summed E-state index contributed by atoms with van der Waals surface area (Å²) >= 11 is 0. The number of aryl methyl sites for hydroxylation is 1. The highest BCUT2D eigenvalue weighted by Crippen LogP contribution is 2.49. The van der Waals surface area contributed by atoms with Gasteiger partial charge < -0.3 is 25.3 Å². The molecule has 2 aromatic rings. The summed E-state index contributed by atoms with van der Waals surface area (Å²) in [5.41, 5.74) is 10.5. The number of allylic oxidation sites excluding steroid dienone is 1. The van der Waals surface area contributed by atoms with Gasteiger partial charge in [-0.2, -0.15) is 5.26 Å². The Morgan fingerprint density at radius 2 is 2.19 bits per heavy atom. The lowest BCUT2D eigenvalue weighted by Crippen LogP contribution is -2.29. The largest absolute Gasteiger partial charge is 0.496 e. The molecule has 1 saturated heterocycles. The summed E-state index contributed by atoms with van der Waals surface area (Å²) in [7, 11) is 1.53. The van der Waals surface area contributed by atoms with E-state index in [-0.39, 0.29) is 6.10 Å². The molecule has 1 fully saturated rings. The van der Waals surface area contributed by atoms with Gasteiger partial charge in [-0.05, 0) is 31.5 Å². The van der Waals surface area contributed by atoms with E-state index in [9.17, 15) is 10.1 Å². The summed E-state index contributed by atoms with van der Waals surface area (Å²) in [6.45, 7) is 4.88. The van der Waals surface area contributed by atoms with Crippen molar-refractivity contribution in [3.05, 3.63) is 57.9 Å². The standard InChI is InChI=1S/C23H24N4O4/c1-12-10-26-23(31-15-6-7-30-11-15)20-19(18(22(25)28)13(2)27-21(12)20)16-5-4-14(9-24)8-17(16)29-3/h4-5,8,10,15,19,27H,6-7,11H2,1-3H3,(H2,25,28)/t15?,19-/m0/s1. The Morgan fingerprint density at radius 3 is 2.84 bits per heavy atom. The molecule has 0 aliphatic carbocycles. The summed E-state index contributed by atoms with van der Waals surface area (Å²) in [5.74, 6) is -0.212. The number of carbonyl (C=O) groups excluding carboxylic acids is 1. The fourth-order valence-electron chi connectivity index (χ4n) is 4.17. The number of methoxy groups -OCH3 is 1. The van der Waals surface area contributed by atoms with E-state index in [2.05, 4.69) is 16.4 Å². The number of aromatic nitrogens is 1. The molecule has 1 amide bonds. The smallest absolute Gasteiger partial charge is 0.247 e. The zero-order valence-electron chi connectivity index (χ0n) is 17.7. The van der Waals surface area contributed by atoms with Crippen LogP contribution >= 0.6 is 0 Å². The van der Waals surface area contributed by atoms with Crippen molar-refractivity contribution in [2.45, 2.75) is 32.3 Å². The quantitative estimate of drug-likeness (QED) is 0.763. The van der Waals surface area contributed by atoms with E-state index in [4.69, 9.17) is 19.9 Å². The SMILES string of the molecule is COc1cc(C#N)ccc1[C@H]1C(C(N)=O)=C(C)Nc2c(C)cnc(OC3CCOC3)c21. The molecule has 2 aliphatic heterocycles. The number of amides is 1. The number of rotatable bonds is 5. The molecule has 2 aliphatic rings. The van der Waals surface area contributed by atoms with Gasteiger partial charge in [0.25, 0.3) is 0 Å². The van der Waals surface area contributed by atoms with E-state index >= 15 is 0 Å². The molecule has 31 heavy (non-hydrogen) atoms. The van der Waals surface area contributed by atoms with Crippen LogP contribution in [-0.4, -0.2) is 37.3 Å². The highest BCUT2D eigenvalue weighted by molar-refractivity contribution is 5.98. The van der Waals surface area contributed by atoms with E-state index in [0.29, 0.717) is 52.8 Å². The minimum Gasteiger partial charge on any atom is -0.496 e. The average Bonchev–Trinajstić information content (AvgIpc) is 3.27. The molecule has 3 heterocycles. The van der Waals surface area contributed by atoms with Crippen molar-refractivity contribution in [3.8, 4) is 17.7 Å². The van der Waals surface area contributed by atoms with Gasteiger partial charge in [-0.3, -0.25) is 4.79 Å². The van der Waals surface area contributed by atoms with E-state index < -0.39 is 11.8 Å². The van der Waals surface area contributed by atoms with E-state index in [1.54, 1.807) is 24.4 Å². The molecule has 1 aromatic heterocycles. The van der Waals surface area contributed by atoms with Crippen LogP contribution in [0.25, 0.3) is 0 Å². The Hall–Kier alpha value is -3.57. The van der Waals surface area contributed by atoms with Gasteiger partial charge in [0.2, 0.25) is 11.8 Å². The van der Waals surface area contributed by atoms with Crippen LogP contribution in [0.3, 0.4) is 0 Å². The van der Waals surface area contributed by atoms with Crippen LogP contribution in [0.15, 0.2) is 35.7 Å². The van der Waals surface area contributed by atoms with E-state index in [1.807, 2.05) is 13.8 Å². The van der Waals surface area contributed by atoms with Crippen molar-refractivity contribution in [1.82, 2.24) is 4.98 Å². The number of nitrogens with zero attached hydrogens (tertiary/aromatic N) is 2. The highest BCUT2D eigenvalue weighted by Gasteiger charge is 2.37. The normalized spacial score (nSPS) is 19.9. The van der Waals surface area contributed by atoms with Gasteiger partial charge in [0.1, 0.15) is 11.9 Å². The fraction of sp³-hybridized carbons (Fsp3) is 0.348. The molecular formula is C23H24N4O4. The van der Waals surface area contributed by atoms with Gasteiger partial charge in [-0.15, -0.1) is 0 Å². The summed E-state index contributed by atoms with van der Waals surface area (Å²) in [4.78, 5) is 17.1. The molecule has 4 rings (SSSR count). The second-order valence-corrected chi connectivity index (χ2v) is 7.67. The zero-order valence-corrected chi connectivity index (χ0v) is 17.7. The highest BCUT2D eigenvalue weighted by atomic mass is 16.5. The summed E-state index contributed by atoms with van der Waals surface area (Å²) in [6.07, 6.45) is 2.39. The number of benzene rings is 1. The first-order chi connectivity index (χ1) is 14.9. The summed E-state index contributed by atoms with van der Waals surface area (Å²) in [6, 6.07) is 7.25. The molecule has 0 radical (unpaired) electrons. The van der Waals surface area contributed by atoms with Gasteiger partial charge in [-0.1, -0.05) is 6.07 Å². The third kappa shape index (κ3) is 3.68. The van der Waals surface area contributed by atoms with E-state index in [0.717, 1.165) is 17.7 Å². The number of carbonyl (C=O) groups is 1. The molecular weight excluding hydrogens is 396 g/mol. The number of nitrogens with one attached hydrogen (secondary N) is 1. The topological polar surface area (TPSA) is 119 Å². The van der Waals surface area contributed by atoms with Crippen LogP contribution in [0.1, 0.15) is 41.5 Å². The number of fused-ring (bicyclic) bond motifs is 1. The molecule has 0 spiro atoms. The number of primary amides is 1. The predicted molar refractivity (Wildman–Crippen MR) is 114 cm³/mol. The molecule has 1 aromatic carbocycles. The lowest BCUT2D eigenvalue weighted by atomic mass is 9.79. The number of hydrogen-bond donors (Lipinski definition) is 2. The Balaban J connectivity index is 1.96. The van der Waals surface area contributed by atoms with Crippen molar-refractivity contribution < 1.29 is 19.0 Å². The van der Waals surface area contributed by atoms with Crippen molar-refractivity contribution in [2.24, 2.45) is 5.73 Å². The predicted octanol–water partition coefficient (Wildman–Crippen LogP) is 2.75. The van der Waals surface area contributed by atoms with Crippen LogP contribution in [0.2, 0.25) is 0 Å². The number of nitriles is 1. The van der Waals surface area contributed by atoms with Crippen LogP contribution in [0.4, 0.5) is 5.69 Å². The van der Waals surface area contributed by atoms with Crippen LogP contribution in [0.5, 0.6) is 11.6 Å². The Labute approximate surface area is 180 Å². The van der Waals surface area contributed by atoms with Crippen molar-refractivity contribution in [1.29, 1.82) is 5.26 Å². The molecule has 0 saturated carbocycles. The van der Waals surface area contributed by atoms with Crippen LogP contribution in [0, 0.1) is 18.3 Å². The second kappa shape index (κ2) is 8.28. The second-order valence-electron chi connectivity index (χ2n) is 7.67. The molecule has 3 N–H and O–H groups in total. The maximum Gasteiger partial charge on any atom is 0.247 e. The first-order valence-electron chi connectivity index (χ1n) is 10.0. The maximum atomic E-state index is 12.6. The van der Waals surface area contributed by atoms with Gasteiger partial charge >= 0.3 is 0 Å². The van der Waals surface area contributed by atoms with Gasteiger partial charge in [-0.25, -0.2) is 4.98 Å². The number of hydrogen-bond acceptors (Lipinski definition) is 7.